The topological polar surface area (TPSA) is 38.0 Å². The number of fused-ring (bicyclic) bond motifs is 1. The van der Waals surface area contributed by atoms with Gasteiger partial charge in [-0.15, -0.1) is 0 Å². The highest BCUT2D eigenvalue weighted by Gasteiger charge is 2.15. The number of imidazole rings is 1. The van der Waals surface area contributed by atoms with Crippen molar-refractivity contribution >= 4 is 22.4 Å². The van der Waals surface area contributed by atoms with Gasteiger partial charge in [-0.2, -0.15) is 11.3 Å². The quantitative estimate of drug-likeness (QED) is 0.775. The highest BCUT2D eigenvalue weighted by molar-refractivity contribution is 7.07. The summed E-state index contributed by atoms with van der Waals surface area (Å²) in [4.78, 5) is 4.69. The van der Waals surface area contributed by atoms with Gasteiger partial charge in [-0.3, -0.25) is 0 Å². The minimum atomic E-state index is -0.478. The van der Waals surface area contributed by atoms with Crippen LogP contribution >= 0.6 is 11.3 Å². The van der Waals surface area contributed by atoms with Crippen molar-refractivity contribution in [2.24, 2.45) is 0 Å². The van der Waals surface area contributed by atoms with Crippen LogP contribution in [0.1, 0.15) is 30.8 Å². The number of aryl methyl sites for hydroxylation is 1. The van der Waals surface area contributed by atoms with Crippen LogP contribution < -0.4 is 0 Å². The van der Waals surface area contributed by atoms with E-state index in [0.717, 1.165) is 35.4 Å². The predicted molar refractivity (Wildman–Crippen MR) is 83.0 cm³/mol. The molecule has 1 atom stereocenters. The fraction of sp³-hybridized carbons (Fsp3) is 0.312. The molecule has 3 rings (SSSR count). The summed E-state index contributed by atoms with van der Waals surface area (Å²) in [6, 6.07) is 10.1. The molecular weight excluding hydrogens is 268 g/mol. The number of hydrogen-bond acceptors (Lipinski definition) is 3. The van der Waals surface area contributed by atoms with E-state index in [9.17, 15) is 5.11 Å². The molecule has 1 aromatic carbocycles. The first-order valence-electron chi connectivity index (χ1n) is 6.94. The van der Waals surface area contributed by atoms with Crippen LogP contribution in [0, 0.1) is 0 Å². The lowest BCUT2D eigenvalue weighted by Crippen LogP contribution is -2.08. The van der Waals surface area contributed by atoms with Crippen molar-refractivity contribution in [1.29, 1.82) is 0 Å². The molecule has 104 valence electrons. The van der Waals surface area contributed by atoms with Crippen LogP contribution in [-0.4, -0.2) is 14.7 Å². The molecule has 2 heterocycles. The Morgan fingerprint density at radius 3 is 2.90 bits per heavy atom. The average Bonchev–Trinajstić information content (AvgIpc) is 3.08. The second-order valence-corrected chi connectivity index (χ2v) is 5.73. The second kappa shape index (κ2) is 5.77. The molecule has 2 aromatic heterocycles. The van der Waals surface area contributed by atoms with Gasteiger partial charge in [-0.05, 0) is 40.9 Å². The van der Waals surface area contributed by atoms with E-state index in [1.807, 2.05) is 35.0 Å². The summed E-state index contributed by atoms with van der Waals surface area (Å²) in [5.41, 5.74) is 3.14. The number of nitrogens with zero attached hydrogens (tertiary/aromatic N) is 2. The van der Waals surface area contributed by atoms with Crippen molar-refractivity contribution in [3.05, 3.63) is 52.5 Å². The molecule has 3 aromatic rings. The molecule has 1 unspecified atom stereocenters. The summed E-state index contributed by atoms with van der Waals surface area (Å²) >= 11 is 1.61. The van der Waals surface area contributed by atoms with Gasteiger partial charge in [0.15, 0.2) is 0 Å². The zero-order chi connectivity index (χ0) is 13.9. The van der Waals surface area contributed by atoms with Gasteiger partial charge in [0.25, 0.3) is 0 Å². The SMILES string of the molecule is CCCn1c(CC(O)c2ccsc2)nc2ccccc21. The Labute approximate surface area is 122 Å². The third kappa shape index (κ3) is 2.49. The molecule has 0 aliphatic heterocycles. The number of hydrogen-bond donors (Lipinski definition) is 1. The first-order chi connectivity index (χ1) is 9.79. The second-order valence-electron chi connectivity index (χ2n) is 4.94. The Balaban J connectivity index is 1.96. The Hall–Kier alpha value is -1.65. The van der Waals surface area contributed by atoms with E-state index in [4.69, 9.17) is 0 Å². The molecule has 0 aliphatic rings. The minimum Gasteiger partial charge on any atom is -0.388 e. The first kappa shape index (κ1) is 13.3. The number of benzene rings is 1. The summed E-state index contributed by atoms with van der Waals surface area (Å²) in [6.45, 7) is 3.10. The smallest absolute Gasteiger partial charge is 0.112 e. The van der Waals surface area contributed by atoms with Gasteiger partial charge in [0, 0.05) is 13.0 Å². The monoisotopic (exact) mass is 286 g/mol. The number of rotatable bonds is 5. The largest absolute Gasteiger partial charge is 0.388 e. The molecule has 0 fully saturated rings. The lowest BCUT2D eigenvalue weighted by atomic mass is 10.1. The molecule has 20 heavy (non-hydrogen) atoms. The van der Waals surface area contributed by atoms with E-state index in [0.29, 0.717) is 6.42 Å². The van der Waals surface area contributed by atoms with Crippen LogP contribution in [0.3, 0.4) is 0 Å². The number of thiophene rings is 1. The molecule has 0 radical (unpaired) electrons. The molecular formula is C16H18N2OS. The summed E-state index contributed by atoms with van der Waals surface area (Å²) < 4.78 is 2.23. The van der Waals surface area contributed by atoms with Gasteiger partial charge in [-0.1, -0.05) is 19.1 Å². The lowest BCUT2D eigenvalue weighted by molar-refractivity contribution is 0.175. The molecule has 0 saturated heterocycles. The van der Waals surface area contributed by atoms with Crippen LogP contribution in [-0.2, 0) is 13.0 Å². The summed E-state index contributed by atoms with van der Waals surface area (Å²) in [7, 11) is 0. The van der Waals surface area contributed by atoms with Crippen molar-refractivity contribution in [2.45, 2.75) is 32.4 Å². The van der Waals surface area contributed by atoms with Crippen molar-refractivity contribution in [2.75, 3.05) is 0 Å². The van der Waals surface area contributed by atoms with Crippen molar-refractivity contribution < 1.29 is 5.11 Å². The molecule has 3 nitrogen and oxygen atoms in total. The maximum atomic E-state index is 10.3. The highest BCUT2D eigenvalue weighted by Crippen LogP contribution is 2.23. The van der Waals surface area contributed by atoms with Crippen LogP contribution in [0.15, 0.2) is 41.1 Å². The number of aliphatic hydroxyl groups is 1. The Bertz CT molecular complexity index is 688. The van der Waals surface area contributed by atoms with Crippen LogP contribution in [0.4, 0.5) is 0 Å². The number of aromatic nitrogens is 2. The number of aliphatic hydroxyl groups excluding tert-OH is 1. The van der Waals surface area contributed by atoms with E-state index in [1.165, 1.54) is 0 Å². The predicted octanol–water partition coefficient (Wildman–Crippen LogP) is 3.78. The highest BCUT2D eigenvalue weighted by atomic mass is 32.1. The molecule has 1 N–H and O–H groups in total. The maximum absolute atomic E-state index is 10.3. The van der Waals surface area contributed by atoms with E-state index < -0.39 is 6.10 Å². The molecule has 0 bridgehead atoms. The van der Waals surface area contributed by atoms with Crippen molar-refractivity contribution in [3.8, 4) is 0 Å². The zero-order valence-electron chi connectivity index (χ0n) is 11.5. The molecule has 0 aliphatic carbocycles. The molecule has 0 saturated carbocycles. The van der Waals surface area contributed by atoms with E-state index in [2.05, 4.69) is 22.5 Å². The molecule has 0 spiro atoms. The van der Waals surface area contributed by atoms with E-state index in [-0.39, 0.29) is 0 Å². The maximum Gasteiger partial charge on any atom is 0.112 e. The average molecular weight is 286 g/mol. The van der Waals surface area contributed by atoms with E-state index >= 15 is 0 Å². The first-order valence-corrected chi connectivity index (χ1v) is 7.88. The van der Waals surface area contributed by atoms with Gasteiger partial charge in [0.2, 0.25) is 0 Å². The fourth-order valence-corrected chi connectivity index (χ4v) is 3.22. The summed E-state index contributed by atoms with van der Waals surface area (Å²) in [6.07, 6.45) is 1.14. The molecule has 0 amide bonds. The Kier molecular flexibility index (Phi) is 3.85. The minimum absolute atomic E-state index is 0.478. The fourth-order valence-electron chi connectivity index (χ4n) is 2.51. The van der Waals surface area contributed by atoms with Gasteiger partial charge in [0.1, 0.15) is 5.82 Å². The lowest BCUT2D eigenvalue weighted by Gasteiger charge is -2.11. The number of para-hydroxylation sites is 2. The Morgan fingerprint density at radius 1 is 1.30 bits per heavy atom. The van der Waals surface area contributed by atoms with E-state index in [1.54, 1.807) is 11.3 Å². The summed E-state index contributed by atoms with van der Waals surface area (Å²) in [5.74, 6) is 0.965. The third-order valence-electron chi connectivity index (χ3n) is 3.48. The summed E-state index contributed by atoms with van der Waals surface area (Å²) in [5, 5.41) is 14.3. The van der Waals surface area contributed by atoms with Crippen LogP contribution in [0.5, 0.6) is 0 Å². The zero-order valence-corrected chi connectivity index (χ0v) is 12.3. The van der Waals surface area contributed by atoms with Crippen LogP contribution in [0.25, 0.3) is 11.0 Å². The van der Waals surface area contributed by atoms with Gasteiger partial charge in [-0.25, -0.2) is 4.98 Å². The van der Waals surface area contributed by atoms with Crippen LogP contribution in [0.2, 0.25) is 0 Å². The van der Waals surface area contributed by atoms with Crippen molar-refractivity contribution in [1.82, 2.24) is 9.55 Å². The third-order valence-corrected chi connectivity index (χ3v) is 4.19. The Morgan fingerprint density at radius 2 is 2.15 bits per heavy atom. The van der Waals surface area contributed by atoms with Crippen molar-refractivity contribution in [3.63, 3.8) is 0 Å². The van der Waals surface area contributed by atoms with Gasteiger partial charge >= 0.3 is 0 Å². The molecule has 4 heteroatoms. The normalized spacial score (nSPS) is 12.9. The standard InChI is InChI=1S/C16H18N2OS/c1-2-8-18-14-6-4-3-5-13(14)17-16(18)10-15(19)12-7-9-20-11-12/h3-7,9,11,15,19H,2,8,10H2,1H3. The van der Waals surface area contributed by atoms with Gasteiger partial charge < -0.3 is 9.67 Å². The van der Waals surface area contributed by atoms with Gasteiger partial charge in [0.05, 0.1) is 17.1 Å².